The van der Waals surface area contributed by atoms with E-state index in [0.717, 1.165) is 5.56 Å². The maximum atomic E-state index is 13.0. The highest BCUT2D eigenvalue weighted by atomic mass is 35.5. The lowest BCUT2D eigenvalue weighted by molar-refractivity contribution is -0.141. The molecule has 144 valence electrons. The molecule has 1 amide bonds. The number of amides is 1. The van der Waals surface area contributed by atoms with Gasteiger partial charge < -0.3 is 9.47 Å². The van der Waals surface area contributed by atoms with Gasteiger partial charge in [0.2, 0.25) is 5.91 Å². The molecule has 3 rings (SSSR count). The van der Waals surface area contributed by atoms with Crippen LogP contribution in [0.4, 0.5) is 0 Å². The molecule has 0 unspecified atom stereocenters. The molecule has 2 atom stereocenters. The minimum atomic E-state index is -0.582. The first-order chi connectivity index (χ1) is 13.0. The minimum Gasteiger partial charge on any atom is -0.460 e. The fourth-order valence-corrected chi connectivity index (χ4v) is 4.37. The van der Waals surface area contributed by atoms with Gasteiger partial charge in [-0.15, -0.1) is 0 Å². The number of fused-ring (bicyclic) bond motifs is 1. The van der Waals surface area contributed by atoms with Crippen molar-refractivity contribution in [2.75, 3.05) is 20.3 Å². The largest absolute Gasteiger partial charge is 0.460 e. The van der Waals surface area contributed by atoms with Crippen molar-refractivity contribution >= 4 is 40.4 Å². The fourth-order valence-electron chi connectivity index (χ4n) is 3.11. The van der Waals surface area contributed by atoms with Crippen molar-refractivity contribution in [1.29, 1.82) is 0 Å². The van der Waals surface area contributed by atoms with Crippen LogP contribution in [0.1, 0.15) is 31.9 Å². The van der Waals surface area contributed by atoms with Crippen LogP contribution in [-0.2, 0) is 19.1 Å². The average Bonchev–Trinajstić information content (AvgIpc) is 2.96. The van der Waals surface area contributed by atoms with Gasteiger partial charge in [0.05, 0.1) is 29.2 Å². The Balaban J connectivity index is 2.03. The van der Waals surface area contributed by atoms with Gasteiger partial charge in [-0.2, -0.15) is 0 Å². The molecule has 1 aromatic rings. The van der Waals surface area contributed by atoms with Crippen LogP contribution < -0.4 is 0 Å². The average molecular weight is 409 g/mol. The van der Waals surface area contributed by atoms with Crippen molar-refractivity contribution in [2.45, 2.75) is 31.6 Å². The number of esters is 1. The molecule has 2 aliphatic rings. The number of nitrogens with zero attached hydrogens (tertiary/aromatic N) is 2. The predicted octanol–water partition coefficient (Wildman–Crippen LogP) is 3.57. The van der Waals surface area contributed by atoms with Gasteiger partial charge in [-0.1, -0.05) is 42.4 Å². The van der Waals surface area contributed by atoms with Gasteiger partial charge in [0.15, 0.2) is 5.17 Å². The van der Waals surface area contributed by atoms with E-state index in [0.29, 0.717) is 34.5 Å². The standard InChI is InChI=1S/C19H21ClN2O4S/c1-4-14-17(23)22-16(12-5-7-13(20)8-6-12)15(11(2)21-19(22)27-14)18(24)26-10-9-25-3/h5-8,14,16H,4,9-10H2,1-3H3/t14-,16-/m1/s1. The molecule has 1 saturated heterocycles. The summed E-state index contributed by atoms with van der Waals surface area (Å²) in [5.74, 6) is -0.541. The number of allylic oxidation sites excluding steroid dienone is 1. The number of carbonyl (C=O) groups excluding carboxylic acids is 2. The molecular formula is C19H21ClN2O4S. The van der Waals surface area contributed by atoms with Gasteiger partial charge in [0.1, 0.15) is 6.61 Å². The van der Waals surface area contributed by atoms with Gasteiger partial charge in [-0.05, 0) is 31.0 Å². The molecule has 1 fully saturated rings. The number of ether oxygens (including phenoxy) is 2. The van der Waals surface area contributed by atoms with E-state index in [9.17, 15) is 9.59 Å². The third kappa shape index (κ3) is 3.90. The van der Waals surface area contributed by atoms with Crippen LogP contribution in [0.5, 0.6) is 0 Å². The molecule has 0 saturated carbocycles. The number of hydrogen-bond donors (Lipinski definition) is 0. The number of amidine groups is 1. The molecule has 0 aromatic heterocycles. The Kier molecular flexibility index (Phi) is 6.24. The first-order valence-corrected chi connectivity index (χ1v) is 9.94. The van der Waals surface area contributed by atoms with Gasteiger partial charge >= 0.3 is 5.97 Å². The van der Waals surface area contributed by atoms with Crippen molar-refractivity contribution in [3.05, 3.63) is 46.1 Å². The fraction of sp³-hybridized carbons (Fsp3) is 0.421. The van der Waals surface area contributed by atoms with E-state index in [1.807, 2.05) is 19.1 Å². The number of carbonyl (C=O) groups is 2. The summed E-state index contributed by atoms with van der Waals surface area (Å²) in [6.07, 6.45) is 0.693. The van der Waals surface area contributed by atoms with Crippen molar-refractivity contribution in [3.8, 4) is 0 Å². The highest BCUT2D eigenvalue weighted by molar-refractivity contribution is 8.15. The topological polar surface area (TPSA) is 68.2 Å². The Bertz CT molecular complexity index is 806. The van der Waals surface area contributed by atoms with Gasteiger partial charge in [-0.25, -0.2) is 9.79 Å². The van der Waals surface area contributed by atoms with E-state index in [2.05, 4.69) is 4.99 Å². The summed E-state index contributed by atoms with van der Waals surface area (Å²) in [6, 6.07) is 6.56. The highest BCUT2D eigenvalue weighted by Gasteiger charge is 2.47. The van der Waals surface area contributed by atoms with E-state index >= 15 is 0 Å². The van der Waals surface area contributed by atoms with E-state index in [-0.39, 0.29) is 17.8 Å². The summed E-state index contributed by atoms with van der Waals surface area (Å²) < 4.78 is 10.3. The lowest BCUT2D eigenvalue weighted by Crippen LogP contribution is -2.40. The van der Waals surface area contributed by atoms with Gasteiger partial charge in [-0.3, -0.25) is 9.69 Å². The summed E-state index contributed by atoms with van der Waals surface area (Å²) in [7, 11) is 1.54. The third-order valence-electron chi connectivity index (χ3n) is 4.45. The number of methoxy groups -OCH3 is 1. The van der Waals surface area contributed by atoms with Crippen molar-refractivity contribution in [1.82, 2.24) is 4.90 Å². The number of hydrogen-bond acceptors (Lipinski definition) is 6. The Morgan fingerprint density at radius 1 is 1.30 bits per heavy atom. The van der Waals surface area contributed by atoms with Crippen LogP contribution in [0, 0.1) is 0 Å². The van der Waals surface area contributed by atoms with Crippen molar-refractivity contribution < 1.29 is 19.1 Å². The maximum absolute atomic E-state index is 13.0. The SMILES string of the molecule is CC[C@H]1SC2=NC(C)=C(C(=O)OCCOC)[C@@H](c3ccc(Cl)cc3)N2C1=O. The Morgan fingerprint density at radius 3 is 2.63 bits per heavy atom. The molecule has 2 heterocycles. The van der Waals surface area contributed by atoms with Crippen LogP contribution in [-0.4, -0.2) is 47.5 Å². The monoisotopic (exact) mass is 408 g/mol. The highest BCUT2D eigenvalue weighted by Crippen LogP contribution is 2.44. The molecule has 0 bridgehead atoms. The predicted molar refractivity (Wildman–Crippen MR) is 106 cm³/mol. The molecule has 1 aromatic carbocycles. The van der Waals surface area contributed by atoms with E-state index in [4.69, 9.17) is 21.1 Å². The Morgan fingerprint density at radius 2 is 2.00 bits per heavy atom. The summed E-state index contributed by atoms with van der Waals surface area (Å²) in [5, 5.41) is 1.01. The second-order valence-corrected chi connectivity index (χ2v) is 7.81. The molecule has 27 heavy (non-hydrogen) atoms. The summed E-state index contributed by atoms with van der Waals surface area (Å²) >= 11 is 7.46. The molecule has 2 aliphatic heterocycles. The molecular weight excluding hydrogens is 388 g/mol. The smallest absolute Gasteiger partial charge is 0.338 e. The normalized spacial score (nSPS) is 22.0. The van der Waals surface area contributed by atoms with Crippen LogP contribution >= 0.6 is 23.4 Å². The number of thioether (sulfide) groups is 1. The van der Waals surface area contributed by atoms with Crippen LogP contribution in [0.2, 0.25) is 5.02 Å². The first kappa shape index (κ1) is 19.9. The molecule has 0 aliphatic carbocycles. The zero-order valence-corrected chi connectivity index (χ0v) is 17.0. The van der Waals surface area contributed by atoms with E-state index in [1.165, 1.54) is 18.9 Å². The maximum Gasteiger partial charge on any atom is 0.338 e. The molecule has 0 radical (unpaired) electrons. The summed E-state index contributed by atoms with van der Waals surface area (Å²) in [5.41, 5.74) is 1.71. The van der Waals surface area contributed by atoms with Gasteiger partial charge in [0, 0.05) is 12.1 Å². The Hall–Kier alpha value is -1.83. The minimum absolute atomic E-state index is 0.0455. The number of rotatable bonds is 6. The lowest BCUT2D eigenvalue weighted by atomic mass is 9.94. The van der Waals surface area contributed by atoms with E-state index < -0.39 is 12.0 Å². The summed E-state index contributed by atoms with van der Waals surface area (Å²) in [4.78, 5) is 31.9. The van der Waals surface area contributed by atoms with Crippen LogP contribution in [0.3, 0.4) is 0 Å². The molecule has 8 heteroatoms. The molecule has 0 spiro atoms. The molecule has 0 N–H and O–H groups in total. The second-order valence-electron chi connectivity index (χ2n) is 6.20. The van der Waals surface area contributed by atoms with Crippen LogP contribution in [0.15, 0.2) is 40.5 Å². The second kappa shape index (κ2) is 8.46. The number of aliphatic imine (C=N–C) groups is 1. The molecule has 6 nitrogen and oxygen atoms in total. The zero-order chi connectivity index (χ0) is 19.6. The first-order valence-electron chi connectivity index (χ1n) is 8.68. The third-order valence-corrected chi connectivity index (χ3v) is 6.02. The zero-order valence-electron chi connectivity index (χ0n) is 15.4. The van der Waals surface area contributed by atoms with Crippen molar-refractivity contribution in [3.63, 3.8) is 0 Å². The Labute approximate surface area is 167 Å². The van der Waals surface area contributed by atoms with E-state index in [1.54, 1.807) is 24.0 Å². The van der Waals surface area contributed by atoms with Crippen molar-refractivity contribution in [2.24, 2.45) is 4.99 Å². The van der Waals surface area contributed by atoms with Crippen LogP contribution in [0.25, 0.3) is 0 Å². The number of benzene rings is 1. The lowest BCUT2D eigenvalue weighted by Gasteiger charge is -2.33. The summed E-state index contributed by atoms with van der Waals surface area (Å²) in [6.45, 7) is 4.17. The quantitative estimate of drug-likeness (QED) is 0.531. The van der Waals surface area contributed by atoms with Gasteiger partial charge in [0.25, 0.3) is 0 Å². The number of halogens is 1.